The molecule has 0 aromatic heterocycles. The number of halogens is 2. The maximum absolute atomic E-state index is 12.9. The van der Waals surface area contributed by atoms with Crippen LogP contribution < -0.4 is 10.1 Å². The number of ether oxygens (including phenoxy) is 1. The van der Waals surface area contributed by atoms with Crippen LogP contribution in [0.3, 0.4) is 0 Å². The molecular formula is C22H26Cl2N2O3. The fourth-order valence-electron chi connectivity index (χ4n) is 2.81. The van der Waals surface area contributed by atoms with Gasteiger partial charge in [-0.2, -0.15) is 0 Å². The van der Waals surface area contributed by atoms with Gasteiger partial charge in [0.15, 0.2) is 0 Å². The Bertz CT molecular complexity index is 815. The first-order valence-corrected chi connectivity index (χ1v) is 10.4. The van der Waals surface area contributed by atoms with Crippen LogP contribution in [0.2, 0.25) is 10.0 Å². The molecule has 0 bridgehead atoms. The highest BCUT2D eigenvalue weighted by Crippen LogP contribution is 2.24. The minimum Gasteiger partial charge on any atom is -0.494 e. The fraction of sp³-hybridized carbons (Fsp3) is 0.364. The van der Waals surface area contributed by atoms with Gasteiger partial charge in [-0.05, 0) is 50.1 Å². The molecule has 0 aliphatic heterocycles. The van der Waals surface area contributed by atoms with Crippen LogP contribution in [0.15, 0.2) is 48.5 Å². The van der Waals surface area contributed by atoms with E-state index >= 15 is 0 Å². The molecule has 0 saturated carbocycles. The number of benzene rings is 2. The second-order valence-electron chi connectivity index (χ2n) is 6.61. The van der Waals surface area contributed by atoms with Crippen molar-refractivity contribution in [3.05, 3.63) is 64.1 Å². The van der Waals surface area contributed by atoms with E-state index in [4.69, 9.17) is 27.9 Å². The van der Waals surface area contributed by atoms with Crippen molar-refractivity contribution in [1.29, 1.82) is 0 Å². The van der Waals surface area contributed by atoms with Crippen LogP contribution in [0, 0.1) is 0 Å². The van der Waals surface area contributed by atoms with Gasteiger partial charge in [0, 0.05) is 19.5 Å². The SMILES string of the molecule is CCNC(=O)[C@H](C)N(Cc1ccc(Cl)c(Cl)c1)C(=O)CCCOc1ccccc1. The highest BCUT2D eigenvalue weighted by atomic mass is 35.5. The van der Waals surface area contributed by atoms with Crippen LogP contribution in [0.1, 0.15) is 32.3 Å². The van der Waals surface area contributed by atoms with Crippen molar-refractivity contribution in [3.63, 3.8) is 0 Å². The lowest BCUT2D eigenvalue weighted by Gasteiger charge is -2.29. The van der Waals surface area contributed by atoms with Gasteiger partial charge >= 0.3 is 0 Å². The first kappa shape index (κ1) is 23.0. The van der Waals surface area contributed by atoms with Gasteiger partial charge in [-0.3, -0.25) is 9.59 Å². The number of nitrogens with one attached hydrogen (secondary N) is 1. The number of para-hydroxylation sites is 1. The summed E-state index contributed by atoms with van der Waals surface area (Å²) >= 11 is 12.1. The lowest BCUT2D eigenvalue weighted by molar-refractivity contribution is -0.140. The highest BCUT2D eigenvalue weighted by molar-refractivity contribution is 6.42. The largest absolute Gasteiger partial charge is 0.494 e. The third kappa shape index (κ3) is 7.26. The standard InChI is InChI=1S/C22H26Cl2N2O3/c1-3-25-22(28)16(2)26(15-17-11-12-19(23)20(24)14-17)21(27)10-7-13-29-18-8-5-4-6-9-18/h4-6,8-9,11-12,14,16H,3,7,10,13,15H2,1-2H3,(H,25,28)/t16-/m0/s1. The van der Waals surface area contributed by atoms with Crippen molar-refractivity contribution in [2.45, 2.75) is 39.3 Å². The Hall–Kier alpha value is -2.24. The van der Waals surface area contributed by atoms with Crippen LogP contribution in [-0.4, -0.2) is 35.9 Å². The van der Waals surface area contributed by atoms with Gasteiger partial charge in [0.1, 0.15) is 11.8 Å². The van der Waals surface area contributed by atoms with E-state index in [1.54, 1.807) is 30.0 Å². The maximum atomic E-state index is 12.9. The van der Waals surface area contributed by atoms with Crippen molar-refractivity contribution in [3.8, 4) is 5.75 Å². The van der Waals surface area contributed by atoms with Crippen molar-refractivity contribution < 1.29 is 14.3 Å². The van der Waals surface area contributed by atoms with Crippen molar-refractivity contribution in [2.24, 2.45) is 0 Å². The molecule has 0 unspecified atom stereocenters. The number of carbonyl (C=O) groups excluding carboxylic acids is 2. The predicted octanol–water partition coefficient (Wildman–Crippen LogP) is 4.71. The highest BCUT2D eigenvalue weighted by Gasteiger charge is 2.25. The van der Waals surface area contributed by atoms with Gasteiger partial charge in [0.25, 0.3) is 0 Å². The Labute approximate surface area is 181 Å². The summed E-state index contributed by atoms with van der Waals surface area (Å²) in [7, 11) is 0. The molecule has 1 N–H and O–H groups in total. The molecule has 7 heteroatoms. The molecule has 0 radical (unpaired) electrons. The summed E-state index contributed by atoms with van der Waals surface area (Å²) in [6.07, 6.45) is 0.825. The third-order valence-electron chi connectivity index (χ3n) is 4.40. The summed E-state index contributed by atoms with van der Waals surface area (Å²) < 4.78 is 5.65. The second-order valence-corrected chi connectivity index (χ2v) is 7.42. The number of amides is 2. The van der Waals surface area contributed by atoms with Crippen LogP contribution in [0.25, 0.3) is 0 Å². The normalized spacial score (nSPS) is 11.6. The Morgan fingerprint density at radius 3 is 2.48 bits per heavy atom. The smallest absolute Gasteiger partial charge is 0.242 e. The zero-order valence-corrected chi connectivity index (χ0v) is 18.2. The van der Waals surface area contributed by atoms with Gasteiger partial charge in [0.2, 0.25) is 11.8 Å². The molecule has 0 saturated heterocycles. The molecular weight excluding hydrogens is 411 g/mol. The van der Waals surface area contributed by atoms with Gasteiger partial charge in [0.05, 0.1) is 16.7 Å². The maximum Gasteiger partial charge on any atom is 0.242 e. The number of hydrogen-bond donors (Lipinski definition) is 1. The molecule has 0 spiro atoms. The minimum atomic E-state index is -0.605. The first-order valence-electron chi connectivity index (χ1n) is 9.61. The van der Waals surface area contributed by atoms with E-state index in [-0.39, 0.29) is 24.8 Å². The van der Waals surface area contributed by atoms with E-state index in [9.17, 15) is 9.59 Å². The Kier molecular flexibility index (Phi) is 9.29. The number of hydrogen-bond acceptors (Lipinski definition) is 3. The summed E-state index contributed by atoms with van der Waals surface area (Å²) in [5.41, 5.74) is 0.810. The molecule has 0 aliphatic rings. The Morgan fingerprint density at radius 1 is 1.10 bits per heavy atom. The summed E-state index contributed by atoms with van der Waals surface area (Å²) in [6, 6.07) is 14.1. The van der Waals surface area contributed by atoms with Gasteiger partial charge in [-0.15, -0.1) is 0 Å². The summed E-state index contributed by atoms with van der Waals surface area (Å²) in [5, 5.41) is 3.63. The van der Waals surface area contributed by atoms with Gasteiger partial charge < -0.3 is 15.0 Å². The molecule has 156 valence electrons. The predicted molar refractivity (Wildman–Crippen MR) is 116 cm³/mol. The summed E-state index contributed by atoms with van der Waals surface area (Å²) in [4.78, 5) is 26.8. The molecule has 2 rings (SSSR count). The number of nitrogens with zero attached hydrogens (tertiary/aromatic N) is 1. The zero-order valence-electron chi connectivity index (χ0n) is 16.7. The molecule has 0 heterocycles. The monoisotopic (exact) mass is 436 g/mol. The van der Waals surface area contributed by atoms with Crippen molar-refractivity contribution in [1.82, 2.24) is 10.2 Å². The van der Waals surface area contributed by atoms with Gasteiger partial charge in [-0.25, -0.2) is 0 Å². The molecule has 2 aromatic carbocycles. The van der Waals surface area contributed by atoms with Crippen LogP contribution in [0.5, 0.6) is 5.75 Å². The summed E-state index contributed by atoms with van der Waals surface area (Å²) in [5.74, 6) is 0.455. The zero-order chi connectivity index (χ0) is 21.2. The number of rotatable bonds is 10. The Balaban J connectivity index is 2.01. The van der Waals surface area contributed by atoms with E-state index in [2.05, 4.69) is 5.32 Å². The lowest BCUT2D eigenvalue weighted by Crippen LogP contribution is -2.47. The van der Waals surface area contributed by atoms with Crippen LogP contribution in [-0.2, 0) is 16.1 Å². The van der Waals surface area contributed by atoms with E-state index in [1.807, 2.05) is 37.3 Å². The quantitative estimate of drug-likeness (QED) is 0.548. The molecule has 2 amide bonds. The van der Waals surface area contributed by atoms with Gasteiger partial charge in [-0.1, -0.05) is 47.5 Å². The molecule has 0 fully saturated rings. The molecule has 1 atom stereocenters. The molecule has 29 heavy (non-hydrogen) atoms. The number of likely N-dealkylation sites (N-methyl/N-ethyl adjacent to an activating group) is 1. The lowest BCUT2D eigenvalue weighted by atomic mass is 10.1. The third-order valence-corrected chi connectivity index (χ3v) is 5.14. The minimum absolute atomic E-state index is 0.119. The average Bonchev–Trinajstić information content (AvgIpc) is 2.72. The van der Waals surface area contributed by atoms with Crippen molar-refractivity contribution in [2.75, 3.05) is 13.2 Å². The fourth-order valence-corrected chi connectivity index (χ4v) is 3.13. The van der Waals surface area contributed by atoms with E-state index < -0.39 is 6.04 Å². The van der Waals surface area contributed by atoms with Crippen molar-refractivity contribution >= 4 is 35.0 Å². The molecule has 0 aliphatic carbocycles. The van der Waals surface area contributed by atoms with Crippen LogP contribution in [0.4, 0.5) is 0 Å². The first-order chi connectivity index (χ1) is 13.9. The second kappa shape index (κ2) is 11.7. The van der Waals surface area contributed by atoms with E-state index in [0.717, 1.165) is 11.3 Å². The number of carbonyl (C=O) groups is 2. The summed E-state index contributed by atoms with van der Waals surface area (Å²) in [6.45, 7) is 4.76. The average molecular weight is 437 g/mol. The van der Waals surface area contributed by atoms with E-state index in [1.165, 1.54) is 0 Å². The molecule has 5 nitrogen and oxygen atoms in total. The van der Waals surface area contributed by atoms with E-state index in [0.29, 0.717) is 29.6 Å². The Morgan fingerprint density at radius 2 is 1.83 bits per heavy atom. The molecule has 2 aromatic rings. The topological polar surface area (TPSA) is 58.6 Å². The van der Waals surface area contributed by atoms with Crippen LogP contribution >= 0.6 is 23.2 Å².